The summed E-state index contributed by atoms with van der Waals surface area (Å²) in [6, 6.07) is 7.38. The molecule has 0 spiro atoms. The average molecular weight is 457 g/mol. The van der Waals surface area contributed by atoms with Crippen molar-refractivity contribution in [3.8, 4) is 11.3 Å². The zero-order valence-electron chi connectivity index (χ0n) is 16.5. The molecule has 3 aromatic rings. The third-order valence-corrected chi connectivity index (χ3v) is 4.62. The molecule has 1 aromatic carbocycles. The molecule has 0 saturated heterocycles. The van der Waals surface area contributed by atoms with Crippen LogP contribution in [0, 0.1) is 0 Å². The van der Waals surface area contributed by atoms with Crippen molar-refractivity contribution in [2.24, 2.45) is 0 Å². The monoisotopic (exact) mass is 457 g/mol. The van der Waals surface area contributed by atoms with Gasteiger partial charge < -0.3 is 9.42 Å². The van der Waals surface area contributed by atoms with Gasteiger partial charge in [0.15, 0.2) is 5.76 Å². The molecule has 0 atom stereocenters. The molecule has 2 heterocycles. The molecule has 0 fully saturated rings. The molecule has 11 heteroatoms. The Morgan fingerprint density at radius 2 is 1.72 bits per heavy atom. The lowest BCUT2D eigenvalue weighted by Gasteiger charge is -2.23. The van der Waals surface area contributed by atoms with Crippen LogP contribution >= 0.6 is 0 Å². The number of aryl methyl sites for hydroxylation is 1. The van der Waals surface area contributed by atoms with Gasteiger partial charge >= 0.3 is 18.3 Å². The van der Waals surface area contributed by atoms with Crippen LogP contribution in [0.3, 0.4) is 0 Å². The number of halogens is 6. The topological polar surface area (TPSA) is 59.2 Å². The van der Waals surface area contributed by atoms with Crippen molar-refractivity contribution >= 4 is 5.91 Å². The summed E-state index contributed by atoms with van der Waals surface area (Å²) in [6.07, 6.45) is -4.96. The number of pyridine rings is 1. The van der Waals surface area contributed by atoms with Crippen LogP contribution in [0.5, 0.6) is 0 Å². The minimum Gasteiger partial charge on any atom is -0.356 e. The number of benzene rings is 1. The number of aromatic nitrogens is 2. The minimum absolute atomic E-state index is 0.150. The summed E-state index contributed by atoms with van der Waals surface area (Å²) >= 11 is 0. The summed E-state index contributed by atoms with van der Waals surface area (Å²) in [5.41, 5.74) is 0.481. The largest absolute Gasteiger partial charge is 0.471 e. The van der Waals surface area contributed by atoms with Crippen LogP contribution in [-0.4, -0.2) is 33.7 Å². The average Bonchev–Trinajstić information content (AvgIpc) is 3.20. The van der Waals surface area contributed by atoms with Crippen molar-refractivity contribution in [3.05, 3.63) is 71.7 Å². The Hall–Kier alpha value is -3.37. The molecule has 32 heavy (non-hydrogen) atoms. The standard InChI is InChI=1S/C21H17F6N3O2/c22-20(23,24)17-7-5-15(6-8-17)18-16(12-29-32-18)4-2-10-30(19(31)21(25,26)27)13-14-3-1-9-28-11-14/h1,3,5-9,11-12H,2,4,10,13H2. The van der Waals surface area contributed by atoms with Gasteiger partial charge in [0.05, 0.1) is 11.8 Å². The van der Waals surface area contributed by atoms with E-state index in [1.807, 2.05) is 0 Å². The fraction of sp³-hybridized carbons (Fsp3) is 0.286. The molecule has 1 amide bonds. The lowest BCUT2D eigenvalue weighted by Crippen LogP contribution is -2.41. The van der Waals surface area contributed by atoms with Gasteiger partial charge in [-0.15, -0.1) is 0 Å². The second kappa shape index (κ2) is 9.41. The molecule has 0 aliphatic heterocycles. The predicted octanol–water partition coefficient (Wildman–Crippen LogP) is 5.28. The molecule has 0 aliphatic carbocycles. The maximum atomic E-state index is 13.0. The van der Waals surface area contributed by atoms with Crippen molar-refractivity contribution in [3.63, 3.8) is 0 Å². The molecule has 0 aliphatic rings. The van der Waals surface area contributed by atoms with Crippen molar-refractivity contribution in [2.75, 3.05) is 6.54 Å². The Balaban J connectivity index is 1.69. The van der Waals surface area contributed by atoms with Gasteiger partial charge in [-0.1, -0.05) is 23.4 Å². The van der Waals surface area contributed by atoms with E-state index in [9.17, 15) is 31.1 Å². The Bertz CT molecular complexity index is 1030. The molecule has 0 N–H and O–H groups in total. The van der Waals surface area contributed by atoms with Crippen LogP contribution in [-0.2, 0) is 23.9 Å². The van der Waals surface area contributed by atoms with Gasteiger partial charge in [0.25, 0.3) is 0 Å². The molecule has 2 aromatic heterocycles. The number of hydrogen-bond donors (Lipinski definition) is 0. The number of carbonyl (C=O) groups is 1. The van der Waals surface area contributed by atoms with Gasteiger partial charge in [-0.3, -0.25) is 9.78 Å². The van der Waals surface area contributed by atoms with Crippen LogP contribution in [0.4, 0.5) is 26.3 Å². The first-order chi connectivity index (χ1) is 15.1. The fourth-order valence-electron chi connectivity index (χ4n) is 3.09. The first kappa shape index (κ1) is 23.3. The quantitative estimate of drug-likeness (QED) is 0.453. The lowest BCUT2D eigenvalue weighted by molar-refractivity contribution is -0.186. The second-order valence-electron chi connectivity index (χ2n) is 6.94. The van der Waals surface area contributed by atoms with Crippen molar-refractivity contribution in [1.82, 2.24) is 15.0 Å². The number of amides is 1. The molecular weight excluding hydrogens is 440 g/mol. The van der Waals surface area contributed by atoms with E-state index in [4.69, 9.17) is 4.52 Å². The lowest BCUT2D eigenvalue weighted by atomic mass is 10.0. The van der Waals surface area contributed by atoms with Crippen molar-refractivity contribution in [2.45, 2.75) is 31.7 Å². The van der Waals surface area contributed by atoms with Crippen LogP contribution in [0.25, 0.3) is 11.3 Å². The summed E-state index contributed by atoms with van der Waals surface area (Å²) in [5.74, 6) is -1.74. The van der Waals surface area contributed by atoms with Crippen LogP contribution < -0.4 is 0 Å². The Morgan fingerprint density at radius 1 is 1.00 bits per heavy atom. The van der Waals surface area contributed by atoms with E-state index in [0.717, 1.165) is 12.1 Å². The van der Waals surface area contributed by atoms with E-state index in [0.29, 0.717) is 21.6 Å². The molecular formula is C21H17F6N3O2. The third-order valence-electron chi connectivity index (χ3n) is 4.62. The second-order valence-corrected chi connectivity index (χ2v) is 6.94. The van der Waals surface area contributed by atoms with Gasteiger partial charge in [0.2, 0.25) is 0 Å². The molecule has 0 saturated carbocycles. The highest BCUT2D eigenvalue weighted by Gasteiger charge is 2.42. The van der Waals surface area contributed by atoms with E-state index in [1.54, 1.807) is 12.1 Å². The Morgan fingerprint density at radius 3 is 2.31 bits per heavy atom. The van der Waals surface area contributed by atoms with Crippen LogP contribution in [0.15, 0.2) is 59.5 Å². The van der Waals surface area contributed by atoms with Gasteiger partial charge in [0, 0.05) is 36.6 Å². The van der Waals surface area contributed by atoms with Crippen molar-refractivity contribution < 1.29 is 35.7 Å². The van der Waals surface area contributed by atoms with Crippen LogP contribution in [0.2, 0.25) is 0 Å². The van der Waals surface area contributed by atoms with E-state index in [1.165, 1.54) is 30.7 Å². The summed E-state index contributed by atoms with van der Waals surface area (Å²) in [6.45, 7) is -0.466. The SMILES string of the molecule is O=C(N(CCCc1cnoc1-c1ccc(C(F)(F)F)cc1)Cc1cccnc1)C(F)(F)F. The van der Waals surface area contributed by atoms with E-state index < -0.39 is 23.8 Å². The molecule has 5 nitrogen and oxygen atoms in total. The van der Waals surface area contributed by atoms with Gasteiger partial charge in [-0.2, -0.15) is 26.3 Å². The zero-order valence-corrected chi connectivity index (χ0v) is 16.5. The number of carbonyl (C=O) groups excluding carboxylic acids is 1. The van der Waals surface area contributed by atoms with E-state index >= 15 is 0 Å². The smallest absolute Gasteiger partial charge is 0.356 e. The summed E-state index contributed by atoms with van der Waals surface area (Å²) in [7, 11) is 0. The first-order valence-electron chi connectivity index (χ1n) is 9.42. The predicted molar refractivity (Wildman–Crippen MR) is 101 cm³/mol. The van der Waals surface area contributed by atoms with Crippen LogP contribution in [0.1, 0.15) is 23.1 Å². The number of hydrogen-bond acceptors (Lipinski definition) is 4. The third kappa shape index (κ3) is 5.86. The zero-order chi connectivity index (χ0) is 23.4. The van der Waals surface area contributed by atoms with Crippen molar-refractivity contribution in [1.29, 1.82) is 0 Å². The Labute approximate surface area is 178 Å². The summed E-state index contributed by atoms with van der Waals surface area (Å²) in [4.78, 5) is 16.3. The van der Waals surface area contributed by atoms with E-state index in [-0.39, 0.29) is 31.7 Å². The molecule has 170 valence electrons. The highest BCUT2D eigenvalue weighted by atomic mass is 19.4. The number of alkyl halides is 6. The maximum Gasteiger partial charge on any atom is 0.471 e. The highest BCUT2D eigenvalue weighted by molar-refractivity contribution is 5.81. The van der Waals surface area contributed by atoms with E-state index in [2.05, 4.69) is 10.1 Å². The van der Waals surface area contributed by atoms with Gasteiger partial charge in [0.1, 0.15) is 0 Å². The number of rotatable bonds is 7. The highest BCUT2D eigenvalue weighted by Crippen LogP contribution is 2.32. The molecule has 3 rings (SSSR count). The maximum absolute atomic E-state index is 13.0. The summed E-state index contributed by atoms with van der Waals surface area (Å²) < 4.78 is 82.3. The van der Waals surface area contributed by atoms with Gasteiger partial charge in [-0.05, 0) is 36.6 Å². The van der Waals surface area contributed by atoms with Gasteiger partial charge in [-0.25, -0.2) is 0 Å². The Kier molecular flexibility index (Phi) is 6.85. The molecule has 0 unspecified atom stereocenters. The summed E-state index contributed by atoms with van der Waals surface area (Å²) in [5, 5.41) is 3.64. The minimum atomic E-state index is -5.02. The molecule has 0 bridgehead atoms. The first-order valence-corrected chi connectivity index (χ1v) is 9.42. The number of nitrogens with zero attached hydrogens (tertiary/aromatic N) is 3. The molecule has 0 radical (unpaired) electrons. The normalized spacial score (nSPS) is 12.1. The fourth-order valence-corrected chi connectivity index (χ4v) is 3.09.